The van der Waals surface area contributed by atoms with Gasteiger partial charge in [-0.05, 0) is 18.1 Å². The quantitative estimate of drug-likeness (QED) is 0.522. The fourth-order valence-corrected chi connectivity index (χ4v) is 3.99. The Balaban J connectivity index is 2.18. The number of allylic oxidation sites excluding steroid dienone is 1. The van der Waals surface area contributed by atoms with Crippen LogP contribution in [0.3, 0.4) is 0 Å². The van der Waals surface area contributed by atoms with Gasteiger partial charge in [0.15, 0.2) is 11.6 Å². The molecule has 3 atom stereocenters. The summed E-state index contributed by atoms with van der Waals surface area (Å²) in [5.74, 6) is -3.23. The molecule has 0 unspecified atom stereocenters. The zero-order valence-electron chi connectivity index (χ0n) is 12.1. The molecule has 1 aliphatic heterocycles. The molecule has 1 saturated heterocycles. The van der Waals surface area contributed by atoms with Gasteiger partial charge in [-0.15, -0.1) is 0 Å². The molecule has 0 N–H and O–H groups in total. The molecule has 6 nitrogen and oxygen atoms in total. The number of methoxy groups -OCH3 is 1. The molecule has 1 heterocycles. The molecule has 2 fully saturated rings. The zero-order chi connectivity index (χ0) is 15.3. The van der Waals surface area contributed by atoms with E-state index in [9.17, 15) is 14.4 Å². The SMILES string of the molecule is COC(=O)[C@]12C(=O)C=CC3(OCCO3)[C@H]1CC(=O)C[C@@H]2C. The monoisotopic (exact) mass is 294 g/mol. The maximum atomic E-state index is 12.6. The van der Waals surface area contributed by atoms with Crippen LogP contribution in [0, 0.1) is 17.3 Å². The van der Waals surface area contributed by atoms with Gasteiger partial charge < -0.3 is 14.2 Å². The van der Waals surface area contributed by atoms with Gasteiger partial charge in [0.2, 0.25) is 0 Å². The Hall–Kier alpha value is -1.53. The minimum Gasteiger partial charge on any atom is -0.468 e. The number of ketones is 2. The van der Waals surface area contributed by atoms with Gasteiger partial charge in [0, 0.05) is 18.8 Å². The second kappa shape index (κ2) is 4.74. The second-order valence-corrected chi connectivity index (χ2v) is 5.88. The average Bonchev–Trinajstić information content (AvgIpc) is 2.92. The third-order valence-electron chi connectivity index (χ3n) is 4.91. The summed E-state index contributed by atoms with van der Waals surface area (Å²) < 4.78 is 16.3. The van der Waals surface area contributed by atoms with Gasteiger partial charge in [-0.3, -0.25) is 14.4 Å². The molecule has 0 amide bonds. The normalized spacial score (nSPS) is 37.6. The number of ether oxygens (including phenoxy) is 3. The molecule has 3 rings (SSSR count). The maximum absolute atomic E-state index is 12.6. The lowest BCUT2D eigenvalue weighted by Crippen LogP contribution is -2.63. The minimum atomic E-state index is -1.40. The van der Waals surface area contributed by atoms with Crippen LogP contribution in [0.2, 0.25) is 0 Å². The van der Waals surface area contributed by atoms with Crippen LogP contribution in [0.15, 0.2) is 12.2 Å². The number of hydrogen-bond acceptors (Lipinski definition) is 6. The molecule has 0 aromatic heterocycles. The van der Waals surface area contributed by atoms with Crippen LogP contribution >= 0.6 is 0 Å². The van der Waals surface area contributed by atoms with Gasteiger partial charge in [0.05, 0.1) is 20.3 Å². The van der Waals surface area contributed by atoms with E-state index in [1.807, 2.05) is 0 Å². The van der Waals surface area contributed by atoms with Gasteiger partial charge in [-0.25, -0.2) is 0 Å². The molecule has 1 spiro atoms. The summed E-state index contributed by atoms with van der Waals surface area (Å²) in [7, 11) is 1.26. The molecule has 0 bridgehead atoms. The summed E-state index contributed by atoms with van der Waals surface area (Å²) in [4.78, 5) is 37.1. The maximum Gasteiger partial charge on any atom is 0.320 e. The minimum absolute atomic E-state index is 0.00797. The highest BCUT2D eigenvalue weighted by Gasteiger charge is 2.67. The van der Waals surface area contributed by atoms with Crippen molar-refractivity contribution in [2.45, 2.75) is 25.6 Å². The van der Waals surface area contributed by atoms with Crippen LogP contribution in [0.25, 0.3) is 0 Å². The Labute approximate surface area is 122 Å². The van der Waals surface area contributed by atoms with Crippen molar-refractivity contribution in [2.75, 3.05) is 20.3 Å². The lowest BCUT2D eigenvalue weighted by molar-refractivity contribution is -0.218. The molecule has 2 aliphatic carbocycles. The van der Waals surface area contributed by atoms with Crippen molar-refractivity contribution in [2.24, 2.45) is 17.3 Å². The predicted octanol–water partition coefficient (Wildman–Crippen LogP) is 0.643. The van der Waals surface area contributed by atoms with E-state index in [4.69, 9.17) is 14.2 Å². The molecule has 0 aromatic rings. The van der Waals surface area contributed by atoms with Crippen LogP contribution in [0.1, 0.15) is 19.8 Å². The van der Waals surface area contributed by atoms with Crippen LogP contribution in [0.5, 0.6) is 0 Å². The number of carbonyl (C=O) groups is 3. The first-order valence-electron chi connectivity index (χ1n) is 7.09. The van der Waals surface area contributed by atoms with Crippen molar-refractivity contribution < 1.29 is 28.6 Å². The van der Waals surface area contributed by atoms with Crippen molar-refractivity contribution in [3.63, 3.8) is 0 Å². The predicted molar refractivity (Wildman–Crippen MR) is 70.1 cm³/mol. The van der Waals surface area contributed by atoms with E-state index in [-0.39, 0.29) is 24.4 Å². The Morgan fingerprint density at radius 2 is 1.95 bits per heavy atom. The van der Waals surface area contributed by atoms with E-state index in [0.29, 0.717) is 13.2 Å². The van der Waals surface area contributed by atoms with Crippen LogP contribution in [-0.2, 0) is 28.6 Å². The summed E-state index contributed by atoms with van der Waals surface area (Å²) >= 11 is 0. The van der Waals surface area contributed by atoms with E-state index >= 15 is 0 Å². The Morgan fingerprint density at radius 1 is 1.29 bits per heavy atom. The fourth-order valence-electron chi connectivity index (χ4n) is 3.99. The smallest absolute Gasteiger partial charge is 0.320 e. The Morgan fingerprint density at radius 3 is 2.57 bits per heavy atom. The first-order valence-corrected chi connectivity index (χ1v) is 7.09. The highest BCUT2D eigenvalue weighted by molar-refractivity contribution is 6.12. The number of esters is 1. The molecule has 21 heavy (non-hydrogen) atoms. The largest absolute Gasteiger partial charge is 0.468 e. The van der Waals surface area contributed by atoms with Gasteiger partial charge >= 0.3 is 5.97 Å². The summed E-state index contributed by atoms with van der Waals surface area (Å²) in [6, 6.07) is 0. The van der Waals surface area contributed by atoms with E-state index in [0.717, 1.165) is 0 Å². The summed E-state index contributed by atoms with van der Waals surface area (Å²) in [6.45, 7) is 2.48. The van der Waals surface area contributed by atoms with Crippen molar-refractivity contribution in [1.82, 2.24) is 0 Å². The van der Waals surface area contributed by atoms with Gasteiger partial charge in [0.25, 0.3) is 0 Å². The van der Waals surface area contributed by atoms with Gasteiger partial charge in [0.1, 0.15) is 11.2 Å². The zero-order valence-corrected chi connectivity index (χ0v) is 12.1. The van der Waals surface area contributed by atoms with Crippen LogP contribution in [-0.4, -0.2) is 43.6 Å². The highest BCUT2D eigenvalue weighted by atomic mass is 16.7. The first kappa shape index (κ1) is 14.4. The molecule has 0 radical (unpaired) electrons. The van der Waals surface area contributed by atoms with Crippen molar-refractivity contribution in [3.05, 3.63) is 12.2 Å². The molecule has 3 aliphatic rings. The summed E-state index contributed by atoms with van der Waals surface area (Å²) in [5, 5.41) is 0. The standard InChI is InChI=1S/C15H18O6/c1-9-7-10(16)8-11-14(20-5-6-21-14)4-3-12(17)15(9,11)13(18)19-2/h3-4,9,11H,5-8H2,1-2H3/t9-,11+,15-/m0/s1. The average molecular weight is 294 g/mol. The van der Waals surface area contributed by atoms with Crippen molar-refractivity contribution in [1.29, 1.82) is 0 Å². The van der Waals surface area contributed by atoms with E-state index < -0.39 is 29.0 Å². The third-order valence-corrected chi connectivity index (χ3v) is 4.91. The molecule has 6 heteroatoms. The van der Waals surface area contributed by atoms with Crippen molar-refractivity contribution in [3.8, 4) is 0 Å². The van der Waals surface area contributed by atoms with Gasteiger partial charge in [-0.1, -0.05) is 6.92 Å². The molecule has 0 aromatic carbocycles. The van der Waals surface area contributed by atoms with E-state index in [1.165, 1.54) is 13.2 Å². The van der Waals surface area contributed by atoms with Crippen molar-refractivity contribution >= 4 is 17.5 Å². The third kappa shape index (κ3) is 1.75. The fraction of sp³-hybridized carbons (Fsp3) is 0.667. The first-order chi connectivity index (χ1) is 9.97. The number of fused-ring (bicyclic) bond motifs is 2. The Kier molecular flexibility index (Phi) is 3.26. The van der Waals surface area contributed by atoms with E-state index in [2.05, 4.69) is 0 Å². The second-order valence-electron chi connectivity index (χ2n) is 5.88. The number of carbonyl (C=O) groups excluding carboxylic acids is 3. The summed E-state index contributed by atoms with van der Waals surface area (Å²) in [6.07, 6.45) is 3.14. The molecular weight excluding hydrogens is 276 g/mol. The lowest BCUT2D eigenvalue weighted by Gasteiger charge is -2.50. The highest BCUT2D eigenvalue weighted by Crippen LogP contribution is 2.55. The number of hydrogen-bond donors (Lipinski definition) is 0. The van der Waals surface area contributed by atoms with Crippen LogP contribution in [0.4, 0.5) is 0 Å². The molecule has 114 valence electrons. The molecule has 1 saturated carbocycles. The number of Topliss-reactive ketones (excluding diaryl/α,β-unsaturated/α-hetero) is 1. The summed E-state index contributed by atoms with van der Waals surface area (Å²) in [5.41, 5.74) is -1.40. The Bertz CT molecular complexity index is 530. The van der Waals surface area contributed by atoms with Gasteiger partial charge in [-0.2, -0.15) is 0 Å². The number of rotatable bonds is 1. The van der Waals surface area contributed by atoms with Crippen LogP contribution < -0.4 is 0 Å². The topological polar surface area (TPSA) is 78.9 Å². The van der Waals surface area contributed by atoms with E-state index in [1.54, 1.807) is 13.0 Å². The lowest BCUT2D eigenvalue weighted by atomic mass is 9.53. The molecular formula is C15H18O6.